The first kappa shape index (κ1) is 9.20. The van der Waals surface area contributed by atoms with E-state index in [-0.39, 0.29) is 17.1 Å². The van der Waals surface area contributed by atoms with Crippen molar-refractivity contribution in [3.05, 3.63) is 22.4 Å². The number of aldehydes is 1. The van der Waals surface area contributed by atoms with Crippen LogP contribution in [0.1, 0.15) is 27.2 Å². The lowest BCUT2D eigenvalue weighted by atomic mass is 10.0. The van der Waals surface area contributed by atoms with Gasteiger partial charge in [-0.2, -0.15) is 5.26 Å². The molecule has 66 valence electrons. The maximum absolute atomic E-state index is 10.5. The van der Waals surface area contributed by atoms with E-state index in [0.29, 0.717) is 17.4 Å². The predicted octanol–water partition coefficient (Wildman–Crippen LogP) is 1.09. The molecule has 0 aliphatic carbocycles. The van der Waals surface area contributed by atoms with Crippen molar-refractivity contribution in [3.63, 3.8) is 0 Å². The van der Waals surface area contributed by atoms with Gasteiger partial charge in [-0.15, -0.1) is 0 Å². The standard InChI is InChI=1S/C9H8N2O2/c1-5-6(2)9(13)11-8(4-12)7(5)3-10/h4H,1-2H3,(H,11,13). The lowest BCUT2D eigenvalue weighted by Crippen LogP contribution is -1.99. The van der Waals surface area contributed by atoms with E-state index in [4.69, 9.17) is 5.26 Å². The van der Waals surface area contributed by atoms with Crippen molar-refractivity contribution in [2.24, 2.45) is 0 Å². The van der Waals surface area contributed by atoms with Crippen LogP contribution in [0.5, 0.6) is 5.88 Å². The summed E-state index contributed by atoms with van der Waals surface area (Å²) in [6, 6.07) is 1.88. The topological polar surface area (TPSA) is 74.0 Å². The van der Waals surface area contributed by atoms with Crippen LogP contribution < -0.4 is 0 Å². The van der Waals surface area contributed by atoms with Gasteiger partial charge in [-0.25, -0.2) is 4.98 Å². The summed E-state index contributed by atoms with van der Waals surface area (Å²) in [5.74, 6) is -0.196. The number of nitrogens with zero attached hydrogens (tertiary/aromatic N) is 2. The number of aromatic nitrogens is 1. The van der Waals surface area contributed by atoms with E-state index < -0.39 is 0 Å². The molecule has 0 atom stereocenters. The van der Waals surface area contributed by atoms with Crippen LogP contribution in [0, 0.1) is 25.2 Å². The van der Waals surface area contributed by atoms with Crippen molar-refractivity contribution in [2.75, 3.05) is 0 Å². The monoisotopic (exact) mass is 176 g/mol. The number of hydrogen-bond donors (Lipinski definition) is 1. The van der Waals surface area contributed by atoms with Crippen molar-refractivity contribution in [2.45, 2.75) is 13.8 Å². The quantitative estimate of drug-likeness (QED) is 0.650. The van der Waals surface area contributed by atoms with Crippen LogP contribution in [0.15, 0.2) is 0 Å². The van der Waals surface area contributed by atoms with E-state index in [1.807, 2.05) is 6.07 Å². The molecule has 1 rings (SSSR count). The second-order valence-corrected chi connectivity index (χ2v) is 2.68. The third-order valence-corrected chi connectivity index (χ3v) is 1.98. The minimum Gasteiger partial charge on any atom is -0.493 e. The fourth-order valence-corrected chi connectivity index (χ4v) is 1.03. The number of carbonyl (C=O) groups excluding carboxylic acids is 1. The molecular formula is C9H8N2O2. The molecule has 0 saturated carbocycles. The molecule has 1 N–H and O–H groups in total. The molecule has 0 amide bonds. The van der Waals surface area contributed by atoms with Crippen molar-refractivity contribution < 1.29 is 9.90 Å². The van der Waals surface area contributed by atoms with Gasteiger partial charge in [-0.3, -0.25) is 4.79 Å². The first-order valence-corrected chi connectivity index (χ1v) is 3.67. The lowest BCUT2D eigenvalue weighted by molar-refractivity contribution is 0.111. The van der Waals surface area contributed by atoms with Gasteiger partial charge < -0.3 is 5.11 Å². The molecule has 0 saturated heterocycles. The molecule has 13 heavy (non-hydrogen) atoms. The highest BCUT2D eigenvalue weighted by Crippen LogP contribution is 2.21. The van der Waals surface area contributed by atoms with Gasteiger partial charge in [0, 0.05) is 5.56 Å². The van der Waals surface area contributed by atoms with Crippen LogP contribution in [-0.2, 0) is 0 Å². The highest BCUT2D eigenvalue weighted by Gasteiger charge is 2.12. The summed E-state index contributed by atoms with van der Waals surface area (Å²) < 4.78 is 0. The SMILES string of the molecule is Cc1c(O)nc(C=O)c(C#N)c1C. The summed E-state index contributed by atoms with van der Waals surface area (Å²) in [5, 5.41) is 18.0. The predicted molar refractivity (Wildman–Crippen MR) is 45.5 cm³/mol. The van der Waals surface area contributed by atoms with Crippen LogP contribution in [0.25, 0.3) is 0 Å². The Labute approximate surface area is 75.5 Å². The Balaban J connectivity index is 3.60. The average Bonchev–Trinajstić information content (AvgIpc) is 2.13. The fourth-order valence-electron chi connectivity index (χ4n) is 1.03. The highest BCUT2D eigenvalue weighted by atomic mass is 16.3. The van der Waals surface area contributed by atoms with Gasteiger partial charge in [0.2, 0.25) is 5.88 Å². The third kappa shape index (κ3) is 1.36. The van der Waals surface area contributed by atoms with Gasteiger partial charge in [0.1, 0.15) is 11.8 Å². The molecule has 0 radical (unpaired) electrons. The number of carbonyl (C=O) groups is 1. The third-order valence-electron chi connectivity index (χ3n) is 1.98. The molecule has 1 aromatic rings. The van der Waals surface area contributed by atoms with E-state index in [1.54, 1.807) is 13.8 Å². The fraction of sp³-hybridized carbons (Fsp3) is 0.222. The Morgan fingerprint density at radius 1 is 1.46 bits per heavy atom. The maximum Gasteiger partial charge on any atom is 0.214 e. The Morgan fingerprint density at radius 2 is 2.08 bits per heavy atom. The van der Waals surface area contributed by atoms with E-state index in [2.05, 4.69) is 4.98 Å². The van der Waals surface area contributed by atoms with Gasteiger partial charge in [0.25, 0.3) is 0 Å². The van der Waals surface area contributed by atoms with Gasteiger partial charge in [-0.05, 0) is 19.4 Å². The first-order valence-electron chi connectivity index (χ1n) is 3.67. The van der Waals surface area contributed by atoms with Crippen molar-refractivity contribution >= 4 is 6.29 Å². The summed E-state index contributed by atoms with van der Waals surface area (Å²) in [4.78, 5) is 14.1. The molecule has 0 fully saturated rings. The molecule has 0 aliphatic heterocycles. The van der Waals surface area contributed by atoms with Crippen LogP contribution in [0.3, 0.4) is 0 Å². The molecule has 0 aromatic carbocycles. The van der Waals surface area contributed by atoms with Crippen molar-refractivity contribution in [3.8, 4) is 11.9 Å². The normalized spacial score (nSPS) is 9.31. The maximum atomic E-state index is 10.5. The lowest BCUT2D eigenvalue weighted by Gasteiger charge is -2.05. The van der Waals surface area contributed by atoms with Gasteiger partial charge in [0.05, 0.1) is 5.56 Å². The van der Waals surface area contributed by atoms with E-state index in [0.717, 1.165) is 0 Å². The molecule has 4 nitrogen and oxygen atoms in total. The highest BCUT2D eigenvalue weighted by molar-refractivity contribution is 5.78. The van der Waals surface area contributed by atoms with Crippen LogP contribution in [0.2, 0.25) is 0 Å². The van der Waals surface area contributed by atoms with Crippen LogP contribution in [0.4, 0.5) is 0 Å². The summed E-state index contributed by atoms with van der Waals surface area (Å²) in [6.45, 7) is 3.31. The average molecular weight is 176 g/mol. The van der Waals surface area contributed by atoms with Crippen LogP contribution >= 0.6 is 0 Å². The van der Waals surface area contributed by atoms with Gasteiger partial charge in [0.15, 0.2) is 6.29 Å². The summed E-state index contributed by atoms with van der Waals surface area (Å²) >= 11 is 0. The molecule has 4 heteroatoms. The zero-order chi connectivity index (χ0) is 10.0. The number of nitriles is 1. The number of aromatic hydroxyl groups is 1. The van der Waals surface area contributed by atoms with Gasteiger partial charge in [-0.1, -0.05) is 0 Å². The summed E-state index contributed by atoms with van der Waals surface area (Å²) in [7, 11) is 0. The Bertz CT molecular complexity index is 405. The van der Waals surface area contributed by atoms with Crippen molar-refractivity contribution in [1.29, 1.82) is 5.26 Å². The Kier molecular flexibility index (Phi) is 2.29. The molecule has 0 spiro atoms. The molecule has 1 heterocycles. The zero-order valence-electron chi connectivity index (χ0n) is 7.33. The van der Waals surface area contributed by atoms with E-state index in [9.17, 15) is 9.90 Å². The molecule has 0 bridgehead atoms. The summed E-state index contributed by atoms with van der Waals surface area (Å²) in [5.41, 5.74) is 1.34. The number of rotatable bonds is 1. The number of hydrogen-bond acceptors (Lipinski definition) is 4. The summed E-state index contributed by atoms with van der Waals surface area (Å²) in [6.07, 6.45) is 0.463. The minimum atomic E-state index is -0.196. The first-order chi connectivity index (χ1) is 6.11. The second kappa shape index (κ2) is 3.23. The van der Waals surface area contributed by atoms with Gasteiger partial charge >= 0.3 is 0 Å². The zero-order valence-corrected chi connectivity index (χ0v) is 7.33. The Morgan fingerprint density at radius 3 is 2.54 bits per heavy atom. The van der Waals surface area contributed by atoms with E-state index in [1.165, 1.54) is 0 Å². The smallest absolute Gasteiger partial charge is 0.214 e. The largest absolute Gasteiger partial charge is 0.493 e. The van der Waals surface area contributed by atoms with E-state index >= 15 is 0 Å². The number of pyridine rings is 1. The Hall–Kier alpha value is -1.89. The second-order valence-electron chi connectivity index (χ2n) is 2.68. The molecule has 0 aliphatic rings. The molecule has 1 aromatic heterocycles. The molecule has 0 unspecified atom stereocenters. The minimum absolute atomic E-state index is 0.0110. The van der Waals surface area contributed by atoms with Crippen molar-refractivity contribution in [1.82, 2.24) is 4.98 Å². The van der Waals surface area contributed by atoms with Crippen LogP contribution in [-0.4, -0.2) is 16.4 Å². The molecular weight excluding hydrogens is 168 g/mol.